The topological polar surface area (TPSA) is 80.6 Å². The van der Waals surface area contributed by atoms with Crippen LogP contribution in [0.2, 0.25) is 0 Å². The van der Waals surface area contributed by atoms with Crippen molar-refractivity contribution < 1.29 is 19.4 Å². The van der Waals surface area contributed by atoms with Crippen molar-refractivity contribution in [3.05, 3.63) is 70.3 Å². The monoisotopic (exact) mass is 510 g/mol. The summed E-state index contributed by atoms with van der Waals surface area (Å²) in [5, 5.41) is 13.0. The lowest BCUT2D eigenvalue weighted by Crippen LogP contribution is -2.37. The van der Waals surface area contributed by atoms with Gasteiger partial charge in [-0.1, -0.05) is 29.8 Å². The maximum Gasteiger partial charge on any atom is 0.305 e. The van der Waals surface area contributed by atoms with Crippen molar-refractivity contribution in [3.63, 3.8) is 0 Å². The fraction of sp³-hybridized carbons (Fsp3) is 0.308. The van der Waals surface area contributed by atoms with E-state index in [0.29, 0.717) is 12.0 Å². The molecule has 1 aromatic heterocycles. The molecule has 2 N–H and O–H groups in total. The fourth-order valence-electron chi connectivity index (χ4n) is 4.51. The smallest absolute Gasteiger partial charge is 0.305 e. The van der Waals surface area contributed by atoms with Crippen molar-refractivity contribution in [1.29, 1.82) is 0 Å². The van der Waals surface area contributed by atoms with Gasteiger partial charge >= 0.3 is 5.97 Å². The minimum atomic E-state index is -0.878. The number of aromatic nitrogens is 1. The van der Waals surface area contributed by atoms with Gasteiger partial charge in [-0.3, -0.25) is 9.59 Å². The van der Waals surface area contributed by atoms with Gasteiger partial charge in [0.2, 0.25) is 0 Å². The molecule has 3 aromatic rings. The quantitative estimate of drug-likeness (QED) is 0.397. The maximum absolute atomic E-state index is 13.2. The average molecular weight is 511 g/mol. The molecule has 7 heteroatoms. The highest BCUT2D eigenvalue weighted by Crippen LogP contribution is 2.47. The highest BCUT2D eigenvalue weighted by atomic mass is 79.9. The number of carboxylic acid groups (broad SMARTS) is 1. The summed E-state index contributed by atoms with van der Waals surface area (Å²) in [4.78, 5) is 24.7. The predicted molar refractivity (Wildman–Crippen MR) is 132 cm³/mol. The lowest BCUT2D eigenvalue weighted by atomic mass is 9.72. The third-order valence-corrected chi connectivity index (χ3v) is 6.73. The van der Waals surface area contributed by atoms with Crippen LogP contribution in [0.3, 0.4) is 0 Å². The van der Waals surface area contributed by atoms with E-state index >= 15 is 0 Å². The number of hydrogen-bond acceptors (Lipinski definition) is 4. The predicted octanol–water partition coefficient (Wildman–Crippen LogP) is 6.17. The summed E-state index contributed by atoms with van der Waals surface area (Å²) in [6.07, 6.45) is 0.364. The molecular weight excluding hydrogens is 484 g/mol. The van der Waals surface area contributed by atoms with Crippen molar-refractivity contribution in [3.8, 4) is 17.0 Å². The van der Waals surface area contributed by atoms with Gasteiger partial charge in [-0.05, 0) is 65.6 Å². The SMILES string of the molecule is COc1ccc(-c2cc3c(n2CCC(=O)O)C(Nc2ccc(Br)cc2)C(C)(C)CC3=O)cc1. The van der Waals surface area contributed by atoms with E-state index in [2.05, 4.69) is 35.1 Å². The van der Waals surface area contributed by atoms with Crippen LogP contribution < -0.4 is 10.1 Å². The number of anilines is 1. The number of carbonyl (C=O) groups excluding carboxylic acids is 1. The highest BCUT2D eigenvalue weighted by Gasteiger charge is 2.43. The number of methoxy groups -OCH3 is 1. The summed E-state index contributed by atoms with van der Waals surface area (Å²) >= 11 is 3.47. The second-order valence-electron chi connectivity index (χ2n) is 9.03. The molecule has 0 saturated heterocycles. The minimum absolute atomic E-state index is 0.0378. The number of hydrogen-bond donors (Lipinski definition) is 2. The molecule has 0 radical (unpaired) electrons. The zero-order valence-electron chi connectivity index (χ0n) is 18.9. The standard InChI is InChI=1S/C26H27BrN2O4/c1-26(2)15-22(30)20-14-21(16-4-10-19(33-3)11-5-16)29(13-12-23(31)32)24(20)25(26)28-18-8-6-17(27)7-9-18/h4-11,14,25,28H,12-13,15H2,1-3H3,(H,31,32). The van der Waals surface area contributed by atoms with Gasteiger partial charge in [0.1, 0.15) is 5.75 Å². The first-order chi connectivity index (χ1) is 15.7. The Morgan fingerprint density at radius 1 is 1.18 bits per heavy atom. The minimum Gasteiger partial charge on any atom is -0.497 e. The Bertz CT molecular complexity index is 1180. The maximum atomic E-state index is 13.2. The average Bonchev–Trinajstić information content (AvgIpc) is 3.16. The fourth-order valence-corrected chi connectivity index (χ4v) is 4.77. The van der Waals surface area contributed by atoms with Crippen LogP contribution in [0.5, 0.6) is 5.75 Å². The summed E-state index contributed by atoms with van der Waals surface area (Å²) in [6, 6.07) is 17.3. The van der Waals surface area contributed by atoms with Gasteiger partial charge in [-0.2, -0.15) is 0 Å². The van der Waals surface area contributed by atoms with E-state index in [-0.39, 0.29) is 30.2 Å². The van der Waals surface area contributed by atoms with Crippen molar-refractivity contribution in [1.82, 2.24) is 4.57 Å². The van der Waals surface area contributed by atoms with Crippen LogP contribution in [0.1, 0.15) is 48.8 Å². The highest BCUT2D eigenvalue weighted by molar-refractivity contribution is 9.10. The summed E-state index contributed by atoms with van der Waals surface area (Å²) in [6.45, 7) is 4.42. The largest absolute Gasteiger partial charge is 0.497 e. The summed E-state index contributed by atoms with van der Waals surface area (Å²) < 4.78 is 8.26. The molecule has 1 aliphatic rings. The zero-order valence-corrected chi connectivity index (χ0v) is 20.5. The third-order valence-electron chi connectivity index (χ3n) is 6.20. The molecular formula is C26H27BrN2O4. The molecule has 1 aliphatic carbocycles. The number of nitrogens with zero attached hydrogens (tertiary/aromatic N) is 1. The van der Waals surface area contributed by atoms with E-state index in [1.807, 2.05) is 59.2 Å². The van der Waals surface area contributed by atoms with Crippen LogP contribution in [0.15, 0.2) is 59.1 Å². The second-order valence-corrected chi connectivity index (χ2v) is 9.94. The first-order valence-electron chi connectivity index (χ1n) is 10.8. The van der Waals surface area contributed by atoms with Gasteiger partial charge in [0.15, 0.2) is 5.78 Å². The number of aliphatic carboxylic acids is 1. The number of benzene rings is 2. The van der Waals surface area contributed by atoms with Gasteiger partial charge in [-0.15, -0.1) is 0 Å². The Morgan fingerprint density at radius 3 is 2.45 bits per heavy atom. The van der Waals surface area contributed by atoms with Crippen molar-refractivity contribution in [2.45, 2.75) is 39.3 Å². The van der Waals surface area contributed by atoms with Crippen LogP contribution in [0, 0.1) is 5.41 Å². The van der Waals surface area contributed by atoms with E-state index in [4.69, 9.17) is 4.74 Å². The molecule has 6 nitrogen and oxygen atoms in total. The number of ether oxygens (including phenoxy) is 1. The summed E-state index contributed by atoms with van der Waals surface area (Å²) in [7, 11) is 1.61. The molecule has 2 aromatic carbocycles. The Kier molecular flexibility index (Phi) is 6.34. The molecule has 0 amide bonds. The Balaban J connectivity index is 1.87. The first kappa shape index (κ1) is 23.1. The van der Waals surface area contributed by atoms with Gasteiger partial charge in [0, 0.05) is 34.4 Å². The number of fused-ring (bicyclic) bond motifs is 1. The molecule has 1 atom stereocenters. The van der Waals surface area contributed by atoms with Crippen LogP contribution in [-0.4, -0.2) is 28.5 Å². The van der Waals surface area contributed by atoms with Crippen molar-refractivity contribution in [2.24, 2.45) is 5.41 Å². The second kappa shape index (κ2) is 9.06. The molecule has 0 saturated carbocycles. The number of nitrogens with one attached hydrogen (secondary N) is 1. The van der Waals surface area contributed by atoms with E-state index in [0.717, 1.165) is 32.9 Å². The van der Waals surface area contributed by atoms with E-state index in [1.165, 1.54) is 0 Å². The Morgan fingerprint density at radius 2 is 1.85 bits per heavy atom. The van der Waals surface area contributed by atoms with Gasteiger partial charge < -0.3 is 19.7 Å². The third kappa shape index (κ3) is 4.69. The lowest BCUT2D eigenvalue weighted by Gasteiger charge is -2.40. The summed E-state index contributed by atoms with van der Waals surface area (Å²) in [5.74, 6) is -0.0659. The number of halogens is 1. The van der Waals surface area contributed by atoms with Crippen molar-refractivity contribution >= 4 is 33.4 Å². The van der Waals surface area contributed by atoms with Crippen LogP contribution >= 0.6 is 15.9 Å². The van der Waals surface area contributed by atoms with Crippen LogP contribution in [0.25, 0.3) is 11.3 Å². The molecule has 0 fully saturated rings. The van der Waals surface area contributed by atoms with Gasteiger partial charge in [0.05, 0.1) is 25.3 Å². The molecule has 1 heterocycles. The van der Waals surface area contributed by atoms with Gasteiger partial charge in [0.25, 0.3) is 0 Å². The number of rotatable bonds is 7. The number of carboxylic acids is 1. The van der Waals surface area contributed by atoms with Crippen molar-refractivity contribution in [2.75, 3.05) is 12.4 Å². The Labute approximate surface area is 201 Å². The molecule has 1 unspecified atom stereocenters. The van der Waals surface area contributed by atoms with E-state index in [9.17, 15) is 14.7 Å². The van der Waals surface area contributed by atoms with Crippen LogP contribution in [0.4, 0.5) is 5.69 Å². The Hall–Kier alpha value is -3.06. The van der Waals surface area contributed by atoms with E-state index < -0.39 is 5.97 Å². The molecule has 0 spiro atoms. The molecule has 4 rings (SSSR count). The molecule has 0 bridgehead atoms. The number of carbonyl (C=O) groups is 2. The number of ketones is 1. The molecule has 172 valence electrons. The normalized spacial score (nSPS) is 16.8. The number of Topliss-reactive ketones (excluding diaryl/α,β-unsaturated/α-hetero) is 1. The van der Waals surface area contributed by atoms with E-state index in [1.54, 1.807) is 7.11 Å². The molecule has 33 heavy (non-hydrogen) atoms. The first-order valence-corrected chi connectivity index (χ1v) is 11.6. The van der Waals surface area contributed by atoms with Gasteiger partial charge in [-0.25, -0.2) is 0 Å². The molecule has 0 aliphatic heterocycles. The summed E-state index contributed by atoms with van der Waals surface area (Å²) in [5.41, 5.74) is 3.80. The van der Waals surface area contributed by atoms with Crippen LogP contribution in [-0.2, 0) is 11.3 Å². The lowest BCUT2D eigenvalue weighted by molar-refractivity contribution is -0.137. The zero-order chi connectivity index (χ0) is 23.8.